The first-order chi connectivity index (χ1) is 7.63. The number of carbonyl (C=O) groups excluding carboxylic acids is 1. The molecule has 84 valence electrons. The summed E-state index contributed by atoms with van der Waals surface area (Å²) in [7, 11) is 1.46. The third-order valence-electron chi connectivity index (χ3n) is 1.73. The molecule has 1 aromatic carbocycles. The standard InChI is InChI=1S/C12H11FO2S/c1-9(14)16-7-3-4-10-5-6-11(13)8-12(10)15-2/h5-6,8H,7H2,1-2H3. The Hall–Kier alpha value is -1.47. The van der Waals surface area contributed by atoms with E-state index in [0.717, 1.165) is 11.8 Å². The first-order valence-corrected chi connectivity index (χ1v) is 5.58. The molecule has 4 heteroatoms. The Bertz CT molecular complexity index is 446. The molecular formula is C12H11FO2S. The van der Waals surface area contributed by atoms with Gasteiger partial charge in [0.25, 0.3) is 0 Å². The van der Waals surface area contributed by atoms with Gasteiger partial charge >= 0.3 is 0 Å². The van der Waals surface area contributed by atoms with Gasteiger partial charge in [-0.1, -0.05) is 23.6 Å². The lowest BCUT2D eigenvalue weighted by Gasteiger charge is -2.02. The Kier molecular flexibility index (Phi) is 4.87. The highest BCUT2D eigenvalue weighted by Crippen LogP contribution is 2.18. The Balaban J connectivity index is 2.76. The number of methoxy groups -OCH3 is 1. The van der Waals surface area contributed by atoms with Gasteiger partial charge in [0.15, 0.2) is 5.12 Å². The Labute approximate surface area is 98.2 Å². The molecule has 0 aliphatic heterocycles. The number of hydrogen-bond acceptors (Lipinski definition) is 3. The maximum Gasteiger partial charge on any atom is 0.186 e. The van der Waals surface area contributed by atoms with Gasteiger partial charge < -0.3 is 4.74 Å². The van der Waals surface area contributed by atoms with Crippen molar-refractivity contribution in [2.75, 3.05) is 12.9 Å². The van der Waals surface area contributed by atoms with Crippen LogP contribution in [0.3, 0.4) is 0 Å². The Morgan fingerprint density at radius 1 is 1.56 bits per heavy atom. The summed E-state index contributed by atoms with van der Waals surface area (Å²) in [6.07, 6.45) is 0. The topological polar surface area (TPSA) is 26.3 Å². The lowest BCUT2D eigenvalue weighted by molar-refractivity contribution is -0.109. The molecule has 0 fully saturated rings. The van der Waals surface area contributed by atoms with Crippen molar-refractivity contribution in [2.24, 2.45) is 0 Å². The van der Waals surface area contributed by atoms with Crippen LogP contribution in [0, 0.1) is 17.7 Å². The van der Waals surface area contributed by atoms with Crippen LogP contribution in [0.25, 0.3) is 0 Å². The van der Waals surface area contributed by atoms with Crippen molar-refractivity contribution in [3.8, 4) is 17.6 Å². The van der Waals surface area contributed by atoms with Crippen molar-refractivity contribution >= 4 is 16.9 Å². The molecule has 0 atom stereocenters. The van der Waals surface area contributed by atoms with Gasteiger partial charge in [0.1, 0.15) is 11.6 Å². The summed E-state index contributed by atoms with van der Waals surface area (Å²) >= 11 is 1.14. The molecule has 2 nitrogen and oxygen atoms in total. The molecule has 0 amide bonds. The minimum Gasteiger partial charge on any atom is -0.495 e. The van der Waals surface area contributed by atoms with Crippen molar-refractivity contribution in [2.45, 2.75) is 6.92 Å². The first-order valence-electron chi connectivity index (χ1n) is 4.59. The smallest absolute Gasteiger partial charge is 0.186 e. The van der Waals surface area contributed by atoms with E-state index in [2.05, 4.69) is 11.8 Å². The molecule has 0 spiro atoms. The molecule has 16 heavy (non-hydrogen) atoms. The number of benzene rings is 1. The van der Waals surface area contributed by atoms with E-state index in [1.54, 1.807) is 6.07 Å². The van der Waals surface area contributed by atoms with Crippen molar-refractivity contribution in [3.63, 3.8) is 0 Å². The quantitative estimate of drug-likeness (QED) is 0.740. The molecule has 0 aliphatic carbocycles. The highest BCUT2D eigenvalue weighted by molar-refractivity contribution is 8.13. The molecule has 0 radical (unpaired) electrons. The van der Waals surface area contributed by atoms with Gasteiger partial charge in [0.05, 0.1) is 18.4 Å². The summed E-state index contributed by atoms with van der Waals surface area (Å²) in [5.74, 6) is 6.12. The number of carbonyl (C=O) groups is 1. The van der Waals surface area contributed by atoms with Gasteiger partial charge in [-0.3, -0.25) is 4.79 Å². The van der Waals surface area contributed by atoms with Crippen LogP contribution in [0.5, 0.6) is 5.75 Å². The highest BCUT2D eigenvalue weighted by Gasteiger charge is 2.01. The van der Waals surface area contributed by atoms with Gasteiger partial charge in [0, 0.05) is 13.0 Å². The van der Waals surface area contributed by atoms with E-state index in [9.17, 15) is 9.18 Å². The average molecular weight is 238 g/mol. The Morgan fingerprint density at radius 3 is 2.94 bits per heavy atom. The van der Waals surface area contributed by atoms with Crippen molar-refractivity contribution in [1.82, 2.24) is 0 Å². The molecular weight excluding hydrogens is 227 g/mol. The number of rotatable bonds is 2. The van der Waals surface area contributed by atoms with E-state index in [0.29, 0.717) is 17.1 Å². The summed E-state index contributed by atoms with van der Waals surface area (Å²) in [6, 6.07) is 4.16. The predicted octanol–water partition coefficient (Wildman–Crippen LogP) is 2.47. The molecule has 0 aliphatic rings. The highest BCUT2D eigenvalue weighted by atomic mass is 32.2. The lowest BCUT2D eigenvalue weighted by atomic mass is 10.2. The third kappa shape index (κ3) is 3.95. The minimum absolute atomic E-state index is 0.0281. The second kappa shape index (κ2) is 6.19. The second-order valence-corrected chi connectivity index (χ2v) is 4.08. The first kappa shape index (κ1) is 12.6. The zero-order chi connectivity index (χ0) is 12.0. The minimum atomic E-state index is -0.361. The van der Waals surface area contributed by atoms with E-state index in [1.807, 2.05) is 0 Å². The molecule has 0 saturated carbocycles. The number of ether oxygens (including phenoxy) is 1. The van der Waals surface area contributed by atoms with Crippen molar-refractivity contribution in [1.29, 1.82) is 0 Å². The van der Waals surface area contributed by atoms with Crippen LogP contribution >= 0.6 is 11.8 Å². The summed E-state index contributed by atoms with van der Waals surface area (Å²) in [5, 5.41) is 0.0281. The number of halogens is 1. The van der Waals surface area contributed by atoms with Crippen molar-refractivity contribution < 1.29 is 13.9 Å². The van der Waals surface area contributed by atoms with Crippen LogP contribution < -0.4 is 4.74 Å². The van der Waals surface area contributed by atoms with Crippen LogP contribution in [0.2, 0.25) is 0 Å². The third-order valence-corrected chi connectivity index (χ3v) is 2.43. The molecule has 0 saturated heterocycles. The van der Waals surface area contributed by atoms with Gasteiger partial charge in [-0.05, 0) is 12.1 Å². The van der Waals surface area contributed by atoms with E-state index in [-0.39, 0.29) is 10.9 Å². The van der Waals surface area contributed by atoms with Crippen LogP contribution in [0.4, 0.5) is 4.39 Å². The fourth-order valence-corrected chi connectivity index (χ4v) is 1.38. The summed E-state index contributed by atoms with van der Waals surface area (Å²) in [4.78, 5) is 10.6. The maximum atomic E-state index is 12.9. The zero-order valence-corrected chi connectivity index (χ0v) is 9.86. The summed E-state index contributed by atoms with van der Waals surface area (Å²) in [6.45, 7) is 1.49. The van der Waals surface area contributed by atoms with Crippen LogP contribution in [-0.2, 0) is 4.79 Å². The van der Waals surface area contributed by atoms with Gasteiger partial charge in [0.2, 0.25) is 0 Å². The molecule has 0 heterocycles. The van der Waals surface area contributed by atoms with Crippen LogP contribution in [0.15, 0.2) is 18.2 Å². The number of thioether (sulfide) groups is 1. The fraction of sp³-hybridized carbons (Fsp3) is 0.250. The van der Waals surface area contributed by atoms with E-state index in [1.165, 1.54) is 26.2 Å². The summed E-state index contributed by atoms with van der Waals surface area (Å²) in [5.41, 5.74) is 0.619. The normalized spacial score (nSPS) is 9.19. The van der Waals surface area contributed by atoms with Crippen LogP contribution in [-0.4, -0.2) is 18.0 Å². The SMILES string of the molecule is COc1cc(F)ccc1C#CCSC(C)=O. The van der Waals surface area contributed by atoms with E-state index in [4.69, 9.17) is 4.74 Å². The maximum absolute atomic E-state index is 12.9. The molecule has 0 N–H and O–H groups in total. The number of hydrogen-bond donors (Lipinski definition) is 0. The monoisotopic (exact) mass is 238 g/mol. The largest absolute Gasteiger partial charge is 0.495 e. The lowest BCUT2D eigenvalue weighted by Crippen LogP contribution is -1.89. The van der Waals surface area contributed by atoms with Crippen molar-refractivity contribution in [3.05, 3.63) is 29.6 Å². The van der Waals surface area contributed by atoms with Gasteiger partial charge in [-0.2, -0.15) is 0 Å². The Morgan fingerprint density at radius 2 is 2.31 bits per heavy atom. The van der Waals surface area contributed by atoms with Gasteiger partial charge in [-0.25, -0.2) is 4.39 Å². The average Bonchev–Trinajstić information content (AvgIpc) is 2.25. The summed E-state index contributed by atoms with van der Waals surface area (Å²) < 4.78 is 17.8. The van der Waals surface area contributed by atoms with Gasteiger partial charge in [-0.15, -0.1) is 0 Å². The van der Waals surface area contributed by atoms with E-state index < -0.39 is 0 Å². The molecule has 0 aromatic heterocycles. The zero-order valence-electron chi connectivity index (χ0n) is 9.04. The predicted molar refractivity (Wildman–Crippen MR) is 63.0 cm³/mol. The molecule has 0 unspecified atom stereocenters. The second-order valence-electron chi connectivity index (χ2n) is 2.93. The fourth-order valence-electron chi connectivity index (χ4n) is 1.04. The van der Waals surface area contributed by atoms with E-state index >= 15 is 0 Å². The molecule has 1 rings (SSSR count). The van der Waals surface area contributed by atoms with Crippen LogP contribution in [0.1, 0.15) is 12.5 Å². The molecule has 1 aromatic rings. The molecule has 0 bridgehead atoms.